The molecule has 1 aromatic heterocycles. The summed E-state index contributed by atoms with van der Waals surface area (Å²) in [5.74, 6) is 2.86. The molecule has 0 bridgehead atoms. The van der Waals surface area contributed by atoms with Crippen LogP contribution in [-0.4, -0.2) is 39.3 Å². The van der Waals surface area contributed by atoms with Crippen LogP contribution in [0.15, 0.2) is 52.1 Å². The lowest BCUT2D eigenvalue weighted by molar-refractivity contribution is 0.105. The Bertz CT molecular complexity index is 671. The van der Waals surface area contributed by atoms with Gasteiger partial charge < -0.3 is 24.5 Å². The Hall–Kier alpha value is -2.47. The van der Waals surface area contributed by atoms with Gasteiger partial charge in [-0.2, -0.15) is 0 Å². The summed E-state index contributed by atoms with van der Waals surface area (Å²) in [5, 5.41) is 6.64. The molecule has 148 valence electrons. The number of guanidine groups is 1. The molecule has 0 spiro atoms. The summed E-state index contributed by atoms with van der Waals surface area (Å²) in [7, 11) is 1.70. The van der Waals surface area contributed by atoms with Crippen molar-refractivity contribution in [3.63, 3.8) is 0 Å². The predicted octanol–water partition coefficient (Wildman–Crippen LogP) is 3.55. The normalized spacial score (nSPS) is 12.6. The van der Waals surface area contributed by atoms with Gasteiger partial charge in [0.2, 0.25) is 0 Å². The number of para-hydroxylation sites is 1. The molecule has 1 aromatic carbocycles. The zero-order valence-corrected chi connectivity index (χ0v) is 16.5. The number of nitrogens with zero attached hydrogens (tertiary/aromatic N) is 1. The second kappa shape index (κ2) is 12.0. The van der Waals surface area contributed by atoms with Crippen molar-refractivity contribution in [2.75, 3.05) is 33.4 Å². The van der Waals surface area contributed by atoms with Gasteiger partial charge in [0.25, 0.3) is 0 Å². The topological polar surface area (TPSA) is 68.0 Å². The highest BCUT2D eigenvalue weighted by Crippen LogP contribution is 2.26. The first-order valence-electron chi connectivity index (χ1n) is 9.49. The summed E-state index contributed by atoms with van der Waals surface area (Å²) in [6, 6.07) is 11.9. The van der Waals surface area contributed by atoms with Gasteiger partial charge in [-0.3, -0.25) is 4.99 Å². The average Bonchev–Trinajstić information content (AvgIpc) is 3.21. The summed E-state index contributed by atoms with van der Waals surface area (Å²) in [5.41, 5.74) is 1.17. The molecule has 0 aliphatic heterocycles. The average molecular weight is 373 g/mol. The summed E-state index contributed by atoms with van der Waals surface area (Å²) in [6.45, 7) is 7.71. The van der Waals surface area contributed by atoms with Crippen molar-refractivity contribution < 1.29 is 13.9 Å². The Morgan fingerprint density at radius 3 is 2.78 bits per heavy atom. The Morgan fingerprint density at radius 2 is 2.04 bits per heavy atom. The Balaban J connectivity index is 1.74. The van der Waals surface area contributed by atoms with E-state index in [-0.39, 0.29) is 5.92 Å². The molecule has 1 atom stereocenters. The standard InChI is InChI=1S/C21H31N3O3/c1-4-22-21(23-12-8-13-26-16-18-9-7-14-27-18)24-15-17(2)19-10-5-6-11-20(19)25-3/h5-7,9-11,14,17H,4,8,12-13,15-16H2,1-3H3,(H2,22,23,24). The Kier molecular flexibility index (Phi) is 9.27. The number of nitrogens with one attached hydrogen (secondary N) is 2. The van der Waals surface area contributed by atoms with Gasteiger partial charge in [0.05, 0.1) is 13.4 Å². The number of hydrogen-bond donors (Lipinski definition) is 2. The van der Waals surface area contributed by atoms with Gasteiger partial charge in [-0.05, 0) is 37.1 Å². The number of methoxy groups -OCH3 is 1. The van der Waals surface area contributed by atoms with E-state index in [1.54, 1.807) is 13.4 Å². The third-order valence-corrected chi connectivity index (χ3v) is 4.12. The van der Waals surface area contributed by atoms with Crippen LogP contribution >= 0.6 is 0 Å². The number of rotatable bonds is 11. The van der Waals surface area contributed by atoms with Gasteiger partial charge in [0.15, 0.2) is 5.96 Å². The van der Waals surface area contributed by atoms with Gasteiger partial charge in [0, 0.05) is 32.2 Å². The molecule has 2 N–H and O–H groups in total. The molecule has 6 heteroatoms. The number of ether oxygens (including phenoxy) is 2. The number of furan rings is 1. The van der Waals surface area contributed by atoms with Crippen LogP contribution in [0.5, 0.6) is 5.75 Å². The van der Waals surface area contributed by atoms with Crippen LogP contribution in [0.4, 0.5) is 0 Å². The molecule has 0 amide bonds. The minimum absolute atomic E-state index is 0.272. The van der Waals surface area contributed by atoms with E-state index in [9.17, 15) is 0 Å². The second-order valence-electron chi connectivity index (χ2n) is 6.27. The maximum Gasteiger partial charge on any atom is 0.191 e. The van der Waals surface area contributed by atoms with E-state index >= 15 is 0 Å². The fourth-order valence-corrected chi connectivity index (χ4v) is 2.69. The molecule has 0 saturated heterocycles. The van der Waals surface area contributed by atoms with Crippen LogP contribution in [0.3, 0.4) is 0 Å². The molecular formula is C21H31N3O3. The Morgan fingerprint density at radius 1 is 1.19 bits per heavy atom. The highest BCUT2D eigenvalue weighted by molar-refractivity contribution is 5.79. The molecule has 0 aliphatic rings. The SMILES string of the molecule is CCNC(=NCC(C)c1ccccc1OC)NCCCOCc1ccco1. The largest absolute Gasteiger partial charge is 0.496 e. The number of hydrogen-bond acceptors (Lipinski definition) is 4. The van der Waals surface area contributed by atoms with Crippen LogP contribution in [-0.2, 0) is 11.3 Å². The molecule has 1 heterocycles. The van der Waals surface area contributed by atoms with Crippen molar-refractivity contribution in [2.45, 2.75) is 32.8 Å². The molecule has 2 rings (SSSR count). The number of benzene rings is 1. The van der Waals surface area contributed by atoms with Crippen LogP contribution in [0.1, 0.15) is 37.5 Å². The van der Waals surface area contributed by atoms with E-state index in [1.807, 2.05) is 30.3 Å². The minimum atomic E-state index is 0.272. The molecule has 6 nitrogen and oxygen atoms in total. The third-order valence-electron chi connectivity index (χ3n) is 4.12. The molecule has 0 saturated carbocycles. The van der Waals surface area contributed by atoms with Gasteiger partial charge in [-0.15, -0.1) is 0 Å². The molecule has 1 unspecified atom stereocenters. The third kappa shape index (κ3) is 7.35. The summed E-state index contributed by atoms with van der Waals surface area (Å²) in [4.78, 5) is 4.71. The highest BCUT2D eigenvalue weighted by Gasteiger charge is 2.10. The van der Waals surface area contributed by atoms with Crippen molar-refractivity contribution in [1.82, 2.24) is 10.6 Å². The van der Waals surface area contributed by atoms with E-state index in [0.717, 1.165) is 37.0 Å². The van der Waals surface area contributed by atoms with E-state index in [2.05, 4.69) is 30.5 Å². The first-order valence-corrected chi connectivity index (χ1v) is 9.49. The summed E-state index contributed by atoms with van der Waals surface area (Å²) < 4.78 is 16.3. The fourth-order valence-electron chi connectivity index (χ4n) is 2.69. The molecular weight excluding hydrogens is 342 g/mol. The minimum Gasteiger partial charge on any atom is -0.496 e. The zero-order valence-electron chi connectivity index (χ0n) is 16.5. The lowest BCUT2D eigenvalue weighted by Crippen LogP contribution is -2.38. The highest BCUT2D eigenvalue weighted by atomic mass is 16.5. The van der Waals surface area contributed by atoms with Crippen LogP contribution < -0.4 is 15.4 Å². The van der Waals surface area contributed by atoms with Gasteiger partial charge in [-0.25, -0.2) is 0 Å². The van der Waals surface area contributed by atoms with Gasteiger partial charge >= 0.3 is 0 Å². The van der Waals surface area contributed by atoms with Crippen LogP contribution in [0.25, 0.3) is 0 Å². The lowest BCUT2D eigenvalue weighted by atomic mass is 10.0. The lowest BCUT2D eigenvalue weighted by Gasteiger charge is -2.16. The Labute approximate surface area is 162 Å². The van der Waals surface area contributed by atoms with Crippen LogP contribution in [0, 0.1) is 0 Å². The van der Waals surface area contributed by atoms with Crippen molar-refractivity contribution in [3.8, 4) is 5.75 Å². The van der Waals surface area contributed by atoms with Crippen molar-refractivity contribution in [2.24, 2.45) is 4.99 Å². The summed E-state index contributed by atoms with van der Waals surface area (Å²) >= 11 is 0. The van der Waals surface area contributed by atoms with Gasteiger partial charge in [-0.1, -0.05) is 25.1 Å². The zero-order chi connectivity index (χ0) is 19.3. The number of aliphatic imine (C=N–C) groups is 1. The van der Waals surface area contributed by atoms with Crippen molar-refractivity contribution in [1.29, 1.82) is 0 Å². The fraction of sp³-hybridized carbons (Fsp3) is 0.476. The monoisotopic (exact) mass is 373 g/mol. The van der Waals surface area contributed by atoms with Crippen molar-refractivity contribution >= 4 is 5.96 Å². The van der Waals surface area contributed by atoms with Crippen LogP contribution in [0.2, 0.25) is 0 Å². The maximum absolute atomic E-state index is 5.59. The first kappa shape index (κ1) is 20.8. The molecule has 0 fully saturated rings. The molecule has 27 heavy (non-hydrogen) atoms. The molecule has 2 aromatic rings. The quantitative estimate of drug-likeness (QED) is 0.358. The van der Waals surface area contributed by atoms with E-state index in [1.165, 1.54) is 5.56 Å². The van der Waals surface area contributed by atoms with Crippen molar-refractivity contribution in [3.05, 3.63) is 54.0 Å². The maximum atomic E-state index is 5.59. The summed E-state index contributed by atoms with van der Waals surface area (Å²) in [6.07, 6.45) is 2.55. The second-order valence-corrected chi connectivity index (χ2v) is 6.27. The first-order chi connectivity index (χ1) is 13.2. The van der Waals surface area contributed by atoms with E-state index in [4.69, 9.17) is 18.9 Å². The van der Waals surface area contributed by atoms with E-state index < -0.39 is 0 Å². The smallest absolute Gasteiger partial charge is 0.191 e. The molecule has 0 aliphatic carbocycles. The van der Waals surface area contributed by atoms with Gasteiger partial charge in [0.1, 0.15) is 18.1 Å². The predicted molar refractivity (Wildman–Crippen MR) is 108 cm³/mol. The molecule has 0 radical (unpaired) electrons. The van der Waals surface area contributed by atoms with E-state index in [0.29, 0.717) is 19.8 Å².